The molecular weight excluding hydrogens is 331 g/mol. The Morgan fingerprint density at radius 2 is 1.78 bits per heavy atom. The quantitative estimate of drug-likeness (QED) is 0.660. The Kier molecular flexibility index (Phi) is 4.50. The van der Waals surface area contributed by atoms with Crippen LogP contribution in [-0.4, -0.2) is 16.1 Å². The number of nitrogens with two attached hydrogens (primary N) is 2. The van der Waals surface area contributed by atoms with E-state index in [4.69, 9.17) is 11.5 Å². The maximum Gasteiger partial charge on any atom is 0.416 e. The molecule has 2 rings (SSSR count). The predicted molar refractivity (Wildman–Crippen MR) is 79.9 cm³/mol. The second-order valence-electron chi connectivity index (χ2n) is 4.46. The minimum absolute atomic E-state index is 0.0435. The zero-order chi connectivity index (χ0) is 17.2. The number of alkyl halides is 3. The average molecular weight is 341 g/mol. The van der Waals surface area contributed by atoms with Gasteiger partial charge in [-0.05, 0) is 35.3 Å². The van der Waals surface area contributed by atoms with E-state index in [2.05, 4.69) is 4.37 Å². The minimum Gasteiger partial charge on any atom is -0.395 e. The summed E-state index contributed by atoms with van der Waals surface area (Å²) in [6, 6.07) is 4.29. The van der Waals surface area contributed by atoms with Gasteiger partial charge in [0.25, 0.3) is 5.91 Å². The molecule has 1 aromatic carbocycles. The molecule has 23 heavy (non-hydrogen) atoms. The molecule has 0 aliphatic carbocycles. The number of nitrogen functional groups attached to an aromatic ring is 1. The van der Waals surface area contributed by atoms with Crippen molar-refractivity contribution in [3.8, 4) is 0 Å². The number of hydrogen-bond donors (Lipinski definition) is 2. The van der Waals surface area contributed by atoms with Crippen LogP contribution in [0.25, 0.3) is 6.08 Å². The molecule has 0 spiro atoms. The van der Waals surface area contributed by atoms with Crippen LogP contribution in [0.4, 0.5) is 18.9 Å². The Hall–Kier alpha value is -2.68. The second-order valence-corrected chi connectivity index (χ2v) is 5.23. The van der Waals surface area contributed by atoms with Gasteiger partial charge in [0.2, 0.25) is 0 Å². The molecule has 0 aliphatic heterocycles. The topological polar surface area (TPSA) is 99.1 Å². The van der Waals surface area contributed by atoms with Gasteiger partial charge in [0.05, 0.1) is 11.3 Å². The van der Waals surface area contributed by atoms with Gasteiger partial charge in [-0.25, -0.2) is 0 Å². The highest BCUT2D eigenvalue weighted by Gasteiger charge is 2.29. The van der Waals surface area contributed by atoms with E-state index >= 15 is 0 Å². The van der Waals surface area contributed by atoms with Gasteiger partial charge >= 0.3 is 6.18 Å². The Bertz CT molecular complexity index is 780. The molecule has 2 aromatic rings. The molecule has 0 fully saturated rings. The smallest absolute Gasteiger partial charge is 0.395 e. The summed E-state index contributed by atoms with van der Waals surface area (Å²) in [6.45, 7) is 0. The number of benzene rings is 1. The number of hydrogen-bond acceptors (Lipinski definition) is 5. The number of rotatable bonds is 4. The third kappa shape index (κ3) is 3.75. The Balaban J connectivity index is 2.17. The average Bonchev–Trinajstić information content (AvgIpc) is 2.86. The van der Waals surface area contributed by atoms with Crippen molar-refractivity contribution >= 4 is 35.0 Å². The summed E-state index contributed by atoms with van der Waals surface area (Å²) in [5.74, 6) is -1.36. The van der Waals surface area contributed by atoms with Crippen LogP contribution in [0.3, 0.4) is 0 Å². The van der Waals surface area contributed by atoms with Gasteiger partial charge in [0, 0.05) is 0 Å². The predicted octanol–water partition coefficient (Wildman–Crippen LogP) is 2.74. The van der Waals surface area contributed by atoms with E-state index in [0.717, 1.165) is 29.7 Å². The van der Waals surface area contributed by atoms with Crippen LogP contribution in [0.2, 0.25) is 0 Å². The van der Waals surface area contributed by atoms with Gasteiger partial charge in [0.15, 0.2) is 11.5 Å². The first kappa shape index (κ1) is 16.7. The largest absolute Gasteiger partial charge is 0.416 e. The summed E-state index contributed by atoms with van der Waals surface area (Å²) >= 11 is 0.728. The fraction of sp³-hybridized carbons (Fsp3) is 0.0714. The van der Waals surface area contributed by atoms with Crippen LogP contribution in [0.1, 0.15) is 31.3 Å². The molecule has 1 amide bonds. The van der Waals surface area contributed by atoms with Gasteiger partial charge < -0.3 is 11.5 Å². The van der Waals surface area contributed by atoms with Crippen molar-refractivity contribution in [3.63, 3.8) is 0 Å². The Morgan fingerprint density at radius 1 is 1.17 bits per heavy atom. The van der Waals surface area contributed by atoms with Gasteiger partial charge in [-0.3, -0.25) is 9.59 Å². The van der Waals surface area contributed by atoms with E-state index < -0.39 is 23.4 Å². The summed E-state index contributed by atoms with van der Waals surface area (Å²) in [5, 5.41) is 0. The number of ketones is 1. The first-order valence-electron chi connectivity index (χ1n) is 6.14. The zero-order valence-corrected chi connectivity index (χ0v) is 12.2. The monoisotopic (exact) mass is 341 g/mol. The molecule has 9 heteroatoms. The Morgan fingerprint density at radius 3 is 2.26 bits per heavy atom. The number of allylic oxidation sites excluding steroid dienone is 1. The van der Waals surface area contributed by atoms with E-state index in [9.17, 15) is 22.8 Å². The summed E-state index contributed by atoms with van der Waals surface area (Å²) in [5.41, 5.74) is 10.00. The summed E-state index contributed by atoms with van der Waals surface area (Å²) in [6.07, 6.45) is -1.94. The van der Waals surface area contributed by atoms with Gasteiger partial charge in [-0.15, -0.1) is 0 Å². The van der Waals surface area contributed by atoms with Crippen LogP contribution in [0.15, 0.2) is 30.3 Å². The SMILES string of the molecule is NC(=O)c1nsc(C(=O)C=Cc2ccc(C(F)(F)F)cc2)c1N. The fourth-order valence-electron chi connectivity index (χ4n) is 1.68. The van der Waals surface area contributed by atoms with E-state index in [0.29, 0.717) is 5.56 Å². The molecule has 1 heterocycles. The molecule has 5 nitrogen and oxygen atoms in total. The molecule has 0 bridgehead atoms. The maximum atomic E-state index is 12.4. The lowest BCUT2D eigenvalue weighted by molar-refractivity contribution is -0.137. The normalized spacial score (nSPS) is 11.8. The molecule has 0 unspecified atom stereocenters. The lowest BCUT2D eigenvalue weighted by Gasteiger charge is -2.05. The van der Waals surface area contributed by atoms with Gasteiger partial charge in [0.1, 0.15) is 4.88 Å². The molecule has 0 radical (unpaired) electrons. The van der Waals surface area contributed by atoms with E-state index in [1.54, 1.807) is 0 Å². The molecular formula is C14H10F3N3O2S. The van der Waals surface area contributed by atoms with Crippen LogP contribution >= 0.6 is 11.5 Å². The first-order chi connectivity index (χ1) is 10.7. The summed E-state index contributed by atoms with van der Waals surface area (Å²) in [7, 11) is 0. The molecule has 0 saturated heterocycles. The highest BCUT2D eigenvalue weighted by Crippen LogP contribution is 2.29. The molecule has 0 aliphatic rings. The highest BCUT2D eigenvalue weighted by molar-refractivity contribution is 7.09. The van der Waals surface area contributed by atoms with Crippen molar-refractivity contribution in [3.05, 3.63) is 52.0 Å². The van der Waals surface area contributed by atoms with E-state index in [1.807, 2.05) is 0 Å². The number of carbonyl (C=O) groups is 2. The number of amides is 1. The van der Waals surface area contributed by atoms with E-state index in [-0.39, 0.29) is 16.3 Å². The van der Waals surface area contributed by atoms with Crippen molar-refractivity contribution in [2.24, 2.45) is 5.73 Å². The van der Waals surface area contributed by atoms with Crippen LogP contribution < -0.4 is 11.5 Å². The number of primary amides is 1. The number of aromatic nitrogens is 1. The van der Waals surface area contributed by atoms with Gasteiger partial charge in [-0.1, -0.05) is 18.2 Å². The van der Waals surface area contributed by atoms with Crippen molar-refractivity contribution in [1.82, 2.24) is 4.37 Å². The zero-order valence-electron chi connectivity index (χ0n) is 11.4. The number of nitrogens with zero attached hydrogens (tertiary/aromatic N) is 1. The number of anilines is 1. The summed E-state index contributed by atoms with van der Waals surface area (Å²) < 4.78 is 41.0. The lowest BCUT2D eigenvalue weighted by Crippen LogP contribution is -2.13. The maximum absolute atomic E-state index is 12.4. The minimum atomic E-state index is -4.42. The Labute approximate surface area is 132 Å². The first-order valence-corrected chi connectivity index (χ1v) is 6.92. The molecule has 120 valence electrons. The molecule has 4 N–H and O–H groups in total. The third-order valence-corrected chi connectivity index (χ3v) is 3.73. The van der Waals surface area contributed by atoms with Crippen molar-refractivity contribution in [2.45, 2.75) is 6.18 Å². The van der Waals surface area contributed by atoms with Crippen molar-refractivity contribution in [2.75, 3.05) is 5.73 Å². The van der Waals surface area contributed by atoms with Crippen molar-refractivity contribution in [1.29, 1.82) is 0 Å². The standard InChI is InChI=1S/C14H10F3N3O2S/c15-14(16,17)8-4-1-7(2-5-8)3-6-9(21)12-10(18)11(13(19)22)20-23-12/h1-6H,18H2,(H2,19,22). The number of halogens is 3. The highest BCUT2D eigenvalue weighted by atomic mass is 32.1. The van der Waals surface area contributed by atoms with Crippen molar-refractivity contribution < 1.29 is 22.8 Å². The lowest BCUT2D eigenvalue weighted by atomic mass is 10.1. The third-order valence-electron chi connectivity index (χ3n) is 2.85. The fourth-order valence-corrected chi connectivity index (χ4v) is 2.41. The van der Waals surface area contributed by atoms with Crippen LogP contribution in [0, 0.1) is 0 Å². The molecule has 0 atom stereocenters. The molecule has 0 saturated carbocycles. The molecule has 1 aromatic heterocycles. The van der Waals surface area contributed by atoms with Crippen LogP contribution in [0.5, 0.6) is 0 Å². The van der Waals surface area contributed by atoms with E-state index in [1.165, 1.54) is 18.2 Å². The number of carbonyl (C=O) groups excluding carboxylic acids is 2. The second kappa shape index (κ2) is 6.21. The summed E-state index contributed by atoms with van der Waals surface area (Å²) in [4.78, 5) is 23.0. The van der Waals surface area contributed by atoms with Crippen LogP contribution in [-0.2, 0) is 6.18 Å². The van der Waals surface area contributed by atoms with Gasteiger partial charge in [-0.2, -0.15) is 17.5 Å².